The van der Waals surface area contributed by atoms with E-state index in [0.717, 1.165) is 0 Å². The van der Waals surface area contributed by atoms with Crippen LogP contribution < -0.4 is 5.32 Å². The summed E-state index contributed by atoms with van der Waals surface area (Å²) in [7, 11) is 0. The van der Waals surface area contributed by atoms with E-state index in [1.165, 1.54) is 18.5 Å². The molecule has 2 aromatic rings. The van der Waals surface area contributed by atoms with Crippen LogP contribution >= 0.6 is 23.2 Å². The summed E-state index contributed by atoms with van der Waals surface area (Å²) < 4.78 is 0. The Morgan fingerprint density at radius 1 is 1.22 bits per heavy atom. The molecular weight excluding hydrogens is 275 g/mol. The van der Waals surface area contributed by atoms with Gasteiger partial charge in [-0.3, -0.25) is 9.78 Å². The maximum Gasteiger partial charge on any atom is 0.257 e. The van der Waals surface area contributed by atoms with Crippen LogP contribution in [0.3, 0.4) is 0 Å². The van der Waals surface area contributed by atoms with E-state index < -0.39 is 5.91 Å². The Morgan fingerprint density at radius 2 is 1.89 bits per heavy atom. The lowest BCUT2D eigenvalue weighted by atomic mass is 10.2. The Hall–Kier alpha value is -1.78. The molecule has 18 heavy (non-hydrogen) atoms. The van der Waals surface area contributed by atoms with Gasteiger partial charge in [0.1, 0.15) is 5.75 Å². The number of pyridine rings is 1. The summed E-state index contributed by atoms with van der Waals surface area (Å²) in [6.45, 7) is 0. The zero-order valence-electron chi connectivity index (χ0n) is 9.02. The third-order valence-corrected chi connectivity index (χ3v) is 2.82. The Kier molecular flexibility index (Phi) is 3.69. The number of aromatic nitrogens is 1. The number of carbonyl (C=O) groups excluding carboxylic acids is 1. The molecule has 1 amide bonds. The number of nitrogens with one attached hydrogen (secondary N) is 1. The second-order valence-corrected chi connectivity index (χ2v) is 4.30. The van der Waals surface area contributed by atoms with Crippen LogP contribution in [-0.2, 0) is 0 Å². The first-order chi connectivity index (χ1) is 8.58. The second kappa shape index (κ2) is 5.25. The molecule has 6 heteroatoms. The molecule has 0 bridgehead atoms. The maximum atomic E-state index is 11.9. The summed E-state index contributed by atoms with van der Waals surface area (Å²) in [5.41, 5.74) is 0.542. The number of hydrogen-bond donors (Lipinski definition) is 2. The van der Waals surface area contributed by atoms with Crippen molar-refractivity contribution in [1.29, 1.82) is 0 Å². The molecule has 0 saturated heterocycles. The Balaban J connectivity index is 2.27. The Bertz CT molecular complexity index is 582. The molecule has 0 spiro atoms. The van der Waals surface area contributed by atoms with Crippen molar-refractivity contribution in [3.05, 3.63) is 52.3 Å². The van der Waals surface area contributed by atoms with Gasteiger partial charge in [-0.15, -0.1) is 0 Å². The summed E-state index contributed by atoms with van der Waals surface area (Å²) in [4.78, 5) is 15.6. The molecule has 0 aliphatic rings. The molecular formula is C12H8Cl2N2O2. The van der Waals surface area contributed by atoms with Crippen LogP contribution in [0.1, 0.15) is 10.4 Å². The minimum absolute atomic E-state index is 0.0899. The number of hydrogen-bond acceptors (Lipinski definition) is 3. The fraction of sp³-hybridized carbons (Fsp3) is 0. The van der Waals surface area contributed by atoms with Crippen molar-refractivity contribution in [3.63, 3.8) is 0 Å². The minimum Gasteiger partial charge on any atom is -0.506 e. The first kappa shape index (κ1) is 12.7. The molecule has 1 aromatic carbocycles. The van der Waals surface area contributed by atoms with E-state index in [9.17, 15) is 9.90 Å². The normalized spacial score (nSPS) is 10.1. The van der Waals surface area contributed by atoms with Gasteiger partial charge in [-0.1, -0.05) is 29.3 Å². The number of halogens is 2. The average Bonchev–Trinajstić information content (AvgIpc) is 2.34. The topological polar surface area (TPSA) is 62.2 Å². The van der Waals surface area contributed by atoms with Crippen LogP contribution in [0.5, 0.6) is 5.75 Å². The molecule has 2 rings (SSSR count). The van der Waals surface area contributed by atoms with Crippen LogP contribution in [0.15, 0.2) is 36.7 Å². The van der Waals surface area contributed by atoms with Crippen molar-refractivity contribution in [2.45, 2.75) is 0 Å². The van der Waals surface area contributed by atoms with E-state index in [1.54, 1.807) is 18.2 Å². The van der Waals surface area contributed by atoms with Crippen molar-refractivity contribution in [2.75, 3.05) is 5.32 Å². The van der Waals surface area contributed by atoms with Gasteiger partial charge in [-0.2, -0.15) is 0 Å². The van der Waals surface area contributed by atoms with Gasteiger partial charge in [0.05, 0.1) is 27.5 Å². The van der Waals surface area contributed by atoms with Crippen LogP contribution in [0.2, 0.25) is 10.0 Å². The molecule has 0 radical (unpaired) electrons. The number of carbonyl (C=O) groups is 1. The smallest absolute Gasteiger partial charge is 0.257 e. The summed E-state index contributed by atoms with van der Waals surface area (Å²) in [6, 6.07) is 6.21. The molecule has 2 N–H and O–H groups in total. The SMILES string of the molecule is O=C(Nc1c(Cl)cccc1Cl)c1cncc(O)c1. The molecule has 92 valence electrons. The average molecular weight is 283 g/mol. The van der Waals surface area contributed by atoms with Crippen molar-refractivity contribution in [1.82, 2.24) is 4.98 Å². The number of rotatable bonds is 2. The lowest BCUT2D eigenvalue weighted by Gasteiger charge is -2.08. The summed E-state index contributed by atoms with van der Waals surface area (Å²) in [6.07, 6.45) is 2.57. The first-order valence-electron chi connectivity index (χ1n) is 4.97. The molecule has 0 saturated carbocycles. The van der Waals surface area contributed by atoms with Crippen molar-refractivity contribution in [2.24, 2.45) is 0 Å². The van der Waals surface area contributed by atoms with Crippen molar-refractivity contribution in [3.8, 4) is 5.75 Å². The largest absolute Gasteiger partial charge is 0.506 e. The highest BCUT2D eigenvalue weighted by molar-refractivity contribution is 6.40. The van der Waals surface area contributed by atoms with Crippen LogP contribution in [-0.4, -0.2) is 16.0 Å². The third kappa shape index (κ3) is 2.72. The molecule has 4 nitrogen and oxygen atoms in total. The van der Waals surface area contributed by atoms with Gasteiger partial charge in [0, 0.05) is 6.20 Å². The maximum absolute atomic E-state index is 11.9. The number of aromatic hydroxyl groups is 1. The van der Waals surface area contributed by atoms with Gasteiger partial charge in [0.2, 0.25) is 0 Å². The third-order valence-electron chi connectivity index (χ3n) is 2.19. The van der Waals surface area contributed by atoms with Crippen molar-refractivity contribution < 1.29 is 9.90 Å². The van der Waals surface area contributed by atoms with Crippen LogP contribution in [0, 0.1) is 0 Å². The zero-order chi connectivity index (χ0) is 13.1. The first-order valence-corrected chi connectivity index (χ1v) is 5.73. The number of anilines is 1. The van der Waals surface area contributed by atoms with E-state index >= 15 is 0 Å². The van der Waals surface area contributed by atoms with Crippen LogP contribution in [0.4, 0.5) is 5.69 Å². The predicted octanol–water partition coefficient (Wildman–Crippen LogP) is 3.35. The highest BCUT2D eigenvalue weighted by Gasteiger charge is 2.12. The van der Waals surface area contributed by atoms with Gasteiger partial charge in [-0.05, 0) is 18.2 Å². The molecule has 1 aromatic heterocycles. The lowest BCUT2D eigenvalue weighted by molar-refractivity contribution is 0.102. The van der Waals surface area contributed by atoms with E-state index in [-0.39, 0.29) is 11.3 Å². The van der Waals surface area contributed by atoms with E-state index in [2.05, 4.69) is 10.3 Å². The highest BCUT2D eigenvalue weighted by atomic mass is 35.5. The molecule has 0 atom stereocenters. The Morgan fingerprint density at radius 3 is 2.50 bits per heavy atom. The fourth-order valence-corrected chi connectivity index (χ4v) is 1.85. The summed E-state index contributed by atoms with van der Waals surface area (Å²) in [5, 5.41) is 12.5. The van der Waals surface area contributed by atoms with E-state index in [1.807, 2.05) is 0 Å². The lowest BCUT2D eigenvalue weighted by Crippen LogP contribution is -2.12. The van der Waals surface area contributed by atoms with Gasteiger partial charge >= 0.3 is 0 Å². The number of para-hydroxylation sites is 1. The fourth-order valence-electron chi connectivity index (χ4n) is 1.35. The van der Waals surface area contributed by atoms with E-state index in [0.29, 0.717) is 15.7 Å². The van der Waals surface area contributed by atoms with Gasteiger partial charge in [-0.25, -0.2) is 0 Å². The summed E-state index contributed by atoms with van der Waals surface area (Å²) in [5.74, 6) is -0.540. The highest BCUT2D eigenvalue weighted by Crippen LogP contribution is 2.30. The van der Waals surface area contributed by atoms with Gasteiger partial charge in [0.25, 0.3) is 5.91 Å². The minimum atomic E-state index is -0.451. The molecule has 0 aliphatic carbocycles. The van der Waals surface area contributed by atoms with Gasteiger partial charge in [0.15, 0.2) is 0 Å². The predicted molar refractivity (Wildman–Crippen MR) is 70.3 cm³/mol. The number of amides is 1. The second-order valence-electron chi connectivity index (χ2n) is 3.48. The monoisotopic (exact) mass is 282 g/mol. The molecule has 0 aliphatic heterocycles. The standard InChI is InChI=1S/C12H8Cl2N2O2/c13-9-2-1-3-10(14)11(9)16-12(18)7-4-8(17)6-15-5-7/h1-6,17H,(H,16,18). The van der Waals surface area contributed by atoms with Gasteiger partial charge < -0.3 is 10.4 Å². The Labute approximate surface area is 113 Å². The molecule has 0 fully saturated rings. The molecule has 0 unspecified atom stereocenters. The van der Waals surface area contributed by atoms with E-state index in [4.69, 9.17) is 23.2 Å². The quantitative estimate of drug-likeness (QED) is 0.888. The number of nitrogens with zero attached hydrogens (tertiary/aromatic N) is 1. The van der Waals surface area contributed by atoms with Crippen LogP contribution in [0.25, 0.3) is 0 Å². The molecule has 1 heterocycles. The van der Waals surface area contributed by atoms with Crippen molar-refractivity contribution >= 4 is 34.8 Å². The summed E-state index contributed by atoms with van der Waals surface area (Å²) >= 11 is 11.9. The number of benzene rings is 1. The zero-order valence-corrected chi connectivity index (χ0v) is 10.5.